The average Bonchev–Trinajstić information content (AvgIpc) is 4.02. The normalized spacial score (nSPS) is 21.4. The summed E-state index contributed by atoms with van der Waals surface area (Å²) in [5.74, 6) is -12.0. The lowest BCUT2D eigenvalue weighted by atomic mass is 9.82. The number of aromatic nitrogens is 2. The third-order valence-electron chi connectivity index (χ3n) is 10.4. The van der Waals surface area contributed by atoms with Gasteiger partial charge in [0.25, 0.3) is 11.8 Å². The van der Waals surface area contributed by atoms with Crippen LogP contribution in [0, 0.1) is 19.8 Å². The molecule has 2 aromatic heterocycles. The van der Waals surface area contributed by atoms with Crippen molar-refractivity contribution in [2.75, 3.05) is 6.61 Å². The topological polar surface area (TPSA) is 241 Å². The van der Waals surface area contributed by atoms with Gasteiger partial charge < -0.3 is 24.0 Å². The van der Waals surface area contributed by atoms with Gasteiger partial charge in [-0.15, -0.1) is 27.7 Å². The predicted molar refractivity (Wildman–Crippen MR) is 227 cm³/mol. The number of alkyl halides is 4. The van der Waals surface area contributed by atoms with Crippen molar-refractivity contribution in [1.82, 2.24) is 20.5 Å². The molecule has 4 heterocycles. The molecule has 0 unspecified atom stereocenters. The van der Waals surface area contributed by atoms with Gasteiger partial charge in [-0.25, -0.2) is 47.4 Å². The number of amides is 3. The molecule has 2 aromatic rings. The van der Waals surface area contributed by atoms with Gasteiger partial charge in [-0.3, -0.25) is 24.0 Å². The molecule has 0 radical (unpaired) electrons. The van der Waals surface area contributed by atoms with Crippen molar-refractivity contribution in [3.05, 3.63) is 32.2 Å². The Morgan fingerprint density at radius 2 is 1.15 bits per heavy atom. The molecule has 25 heteroatoms. The van der Waals surface area contributed by atoms with Gasteiger partial charge in [-0.05, 0) is 55.4 Å². The maximum atomic E-state index is 13.9. The Morgan fingerprint density at radius 3 is 1.52 bits per heavy atom. The van der Waals surface area contributed by atoms with Crippen molar-refractivity contribution in [2.45, 2.75) is 160 Å². The lowest BCUT2D eigenvalue weighted by Gasteiger charge is -2.37. The summed E-state index contributed by atoms with van der Waals surface area (Å²) in [6.45, 7) is 13.2. The molecule has 2 saturated heterocycles. The highest BCUT2D eigenvalue weighted by Gasteiger charge is 2.54. The number of rotatable bonds is 13. The zero-order valence-corrected chi connectivity index (χ0v) is 39.7. The Kier molecular flexibility index (Phi) is 16.0. The van der Waals surface area contributed by atoms with Crippen LogP contribution in [0.2, 0.25) is 0 Å². The highest BCUT2D eigenvalue weighted by molar-refractivity contribution is 7.10. The smallest absolute Gasteiger partial charge is 0.387 e. The van der Waals surface area contributed by atoms with Crippen LogP contribution in [-0.4, -0.2) is 109 Å². The number of imide groups is 1. The number of oxime groups is 2. The molecule has 3 amide bonds. The summed E-state index contributed by atoms with van der Waals surface area (Å²) in [5, 5.41) is 12.4. The second-order valence-corrected chi connectivity index (χ2v) is 20.5. The van der Waals surface area contributed by atoms with E-state index >= 15 is 0 Å². The molecule has 4 aliphatic rings. The molecular weight excluding hydrogens is 937 g/mol. The van der Waals surface area contributed by atoms with Gasteiger partial charge >= 0.3 is 17.9 Å². The molecule has 1 atom stereocenters. The molecule has 2 aliphatic carbocycles. The van der Waals surface area contributed by atoms with Crippen LogP contribution in [0.25, 0.3) is 0 Å². The van der Waals surface area contributed by atoms with Crippen LogP contribution in [0.4, 0.5) is 17.6 Å². The minimum absolute atomic E-state index is 0.00655. The number of ketones is 1. The number of aryl methyl sites for hydroxylation is 2. The number of halogens is 4. The zero-order valence-electron chi connectivity index (χ0n) is 38.1. The number of nitrogens with one attached hydrogen (secondary N) is 1. The van der Waals surface area contributed by atoms with Gasteiger partial charge in [0, 0.05) is 81.4 Å². The van der Waals surface area contributed by atoms with Crippen LogP contribution in [0.1, 0.15) is 134 Å². The maximum absolute atomic E-state index is 13.9. The van der Waals surface area contributed by atoms with Gasteiger partial charge in [-0.1, -0.05) is 10.3 Å². The number of esters is 2. The molecule has 0 bridgehead atoms. The molecule has 0 spiro atoms. The largest absolute Gasteiger partial charge is 0.457 e. The quantitative estimate of drug-likeness (QED) is 0.0776. The van der Waals surface area contributed by atoms with E-state index in [4.69, 9.17) is 28.8 Å². The summed E-state index contributed by atoms with van der Waals surface area (Å²) < 4.78 is 66.2. The average molecular weight is 989 g/mol. The Bertz CT molecular complexity index is 2270. The second kappa shape index (κ2) is 20.4. The minimum atomic E-state index is -2.98. The Labute approximate surface area is 390 Å². The van der Waals surface area contributed by atoms with Crippen LogP contribution < -0.4 is 5.48 Å². The van der Waals surface area contributed by atoms with Crippen LogP contribution in [0.3, 0.4) is 0 Å². The van der Waals surface area contributed by atoms with Crippen LogP contribution in [-0.2, 0) is 62.4 Å². The summed E-state index contributed by atoms with van der Waals surface area (Å²) in [7, 11) is 0. The SMILES string of the molecule is Cc1nc(/C(=N/OC2(C(=O)OC(C)(C)C)CCC(F)(F)CC2)C(=O)C[C@H]2CONC2=O)cs1.Cc1nc(/C(=N/OC2(C(=O)OC(C)(C)C)CCC(F)(F)CC2)C(=O)ON2C(=O)CCC2=O)cs1. The molecule has 2 saturated carbocycles. The van der Waals surface area contributed by atoms with Crippen molar-refractivity contribution in [1.29, 1.82) is 0 Å². The Hall–Kier alpha value is -5.43. The van der Waals surface area contributed by atoms with Crippen LogP contribution in [0.5, 0.6) is 0 Å². The molecule has 67 heavy (non-hydrogen) atoms. The van der Waals surface area contributed by atoms with Gasteiger partial charge in [0.1, 0.15) is 22.6 Å². The molecule has 0 aromatic carbocycles. The van der Waals surface area contributed by atoms with E-state index in [1.807, 2.05) is 0 Å². The van der Waals surface area contributed by atoms with E-state index in [9.17, 15) is 51.1 Å². The standard InChI is InChI=1S/C21H25F2N3O7S.C21H27F2N3O6S/c1-12-24-13(11-34-12)16(17(29)32-26-14(27)5-6-15(26)28)25-33-20(18(30)31-19(2,3)4)7-9-21(22,23)10-8-20;1-12-24-14(11-33-12)16(15(27)9-13-10-30-26-17(13)28)25-32-20(18(29)31-19(2,3)4)5-7-21(22,23)8-6-20/h11H,5-10H2,1-4H3;11,13H,5-10H2,1-4H3,(H,26,28)/b2*25-16-/t;13-/m.0/s1. The lowest BCUT2D eigenvalue weighted by molar-refractivity contribution is -0.199. The maximum Gasteiger partial charge on any atom is 0.387 e. The third kappa shape index (κ3) is 14.1. The molecule has 368 valence electrons. The van der Waals surface area contributed by atoms with E-state index in [1.165, 1.54) is 28.1 Å². The molecule has 4 fully saturated rings. The fraction of sp³-hybridized carbons (Fsp3) is 0.643. The van der Waals surface area contributed by atoms with Gasteiger partial charge in [0.2, 0.25) is 34.7 Å². The number of hydroxylamine groups is 3. The number of Topliss-reactive ketones (excluding diaryl/α,β-unsaturated/α-hetero) is 1. The molecular formula is C42H52F4N6O13S2. The van der Waals surface area contributed by atoms with E-state index in [-0.39, 0.29) is 55.8 Å². The summed E-state index contributed by atoms with van der Waals surface area (Å²) in [6.07, 6.45) is -4.35. The summed E-state index contributed by atoms with van der Waals surface area (Å²) >= 11 is 2.45. The fourth-order valence-corrected chi connectivity index (χ4v) is 7.91. The predicted octanol–water partition coefficient (Wildman–Crippen LogP) is 6.17. The monoisotopic (exact) mass is 988 g/mol. The zero-order chi connectivity index (χ0) is 49.8. The van der Waals surface area contributed by atoms with Crippen LogP contribution in [0.15, 0.2) is 21.1 Å². The number of hydrogen-bond acceptors (Lipinski definition) is 19. The van der Waals surface area contributed by atoms with Crippen molar-refractivity contribution in [3.63, 3.8) is 0 Å². The van der Waals surface area contributed by atoms with Crippen molar-refractivity contribution >= 4 is 75.5 Å². The van der Waals surface area contributed by atoms with E-state index in [2.05, 4.69) is 25.8 Å². The first-order valence-corrected chi connectivity index (χ1v) is 22.9. The number of ether oxygens (including phenoxy) is 2. The van der Waals surface area contributed by atoms with E-state index in [0.717, 1.165) is 0 Å². The number of thiazole rings is 2. The first-order valence-electron chi connectivity index (χ1n) is 21.1. The lowest BCUT2D eigenvalue weighted by Crippen LogP contribution is -2.49. The first kappa shape index (κ1) is 52.5. The highest BCUT2D eigenvalue weighted by atomic mass is 32.1. The van der Waals surface area contributed by atoms with Gasteiger partial charge in [-0.2, -0.15) is 0 Å². The van der Waals surface area contributed by atoms with E-state index in [0.29, 0.717) is 15.1 Å². The Balaban J connectivity index is 0.000000251. The second-order valence-electron chi connectivity index (χ2n) is 18.3. The van der Waals surface area contributed by atoms with Gasteiger partial charge in [0.05, 0.1) is 22.5 Å². The third-order valence-corrected chi connectivity index (χ3v) is 11.9. The number of carbonyl (C=O) groups excluding carboxylic acids is 7. The molecule has 19 nitrogen and oxygen atoms in total. The van der Waals surface area contributed by atoms with Crippen molar-refractivity contribution < 1.29 is 79.9 Å². The highest BCUT2D eigenvalue weighted by Crippen LogP contribution is 2.43. The molecule has 6 rings (SSSR count). The number of hydrogen-bond donors (Lipinski definition) is 1. The Morgan fingerprint density at radius 1 is 0.731 bits per heavy atom. The molecule has 1 N–H and O–H groups in total. The minimum Gasteiger partial charge on any atom is -0.457 e. The van der Waals surface area contributed by atoms with Crippen LogP contribution >= 0.6 is 22.7 Å². The number of nitrogens with zero attached hydrogens (tertiary/aromatic N) is 5. The number of carbonyl (C=O) groups is 7. The molecule has 2 aliphatic heterocycles. The van der Waals surface area contributed by atoms with Gasteiger partial charge in [0.15, 0.2) is 11.5 Å². The summed E-state index contributed by atoms with van der Waals surface area (Å²) in [6, 6.07) is 0. The first-order chi connectivity index (χ1) is 31.0. The summed E-state index contributed by atoms with van der Waals surface area (Å²) in [4.78, 5) is 117. The summed E-state index contributed by atoms with van der Waals surface area (Å²) in [5.41, 5.74) is -3.77. The van der Waals surface area contributed by atoms with Crippen molar-refractivity contribution in [3.8, 4) is 0 Å². The van der Waals surface area contributed by atoms with E-state index in [1.54, 1.807) is 60.8 Å². The van der Waals surface area contributed by atoms with Crippen molar-refractivity contribution in [2.24, 2.45) is 16.2 Å². The fourth-order valence-electron chi connectivity index (χ4n) is 6.71. The van der Waals surface area contributed by atoms with E-state index < -0.39 is 126 Å².